The third kappa shape index (κ3) is 5.14. The van der Waals surface area contributed by atoms with Gasteiger partial charge in [-0.1, -0.05) is 11.6 Å². The molecule has 0 saturated heterocycles. The van der Waals surface area contributed by atoms with Gasteiger partial charge in [0.2, 0.25) is 0 Å². The van der Waals surface area contributed by atoms with Crippen LogP contribution >= 0.6 is 22.3 Å². The van der Waals surface area contributed by atoms with Gasteiger partial charge in [-0.3, -0.25) is 4.79 Å². The van der Waals surface area contributed by atoms with E-state index >= 15 is 0 Å². The molecular formula is C13H17Cl2NO4S. The number of rotatable bonds is 6. The molecule has 0 spiro atoms. The van der Waals surface area contributed by atoms with Crippen molar-refractivity contribution in [2.45, 2.75) is 31.7 Å². The van der Waals surface area contributed by atoms with Gasteiger partial charge in [-0.2, -0.15) is 0 Å². The van der Waals surface area contributed by atoms with E-state index in [0.29, 0.717) is 18.8 Å². The molecule has 5 nitrogen and oxygen atoms in total. The van der Waals surface area contributed by atoms with Gasteiger partial charge in [0.15, 0.2) is 0 Å². The Hall–Kier alpha value is -0.820. The van der Waals surface area contributed by atoms with Gasteiger partial charge >= 0.3 is 0 Å². The normalized spacial score (nSPS) is 13.0. The van der Waals surface area contributed by atoms with Crippen LogP contribution in [0.5, 0.6) is 0 Å². The summed E-state index contributed by atoms with van der Waals surface area (Å²) in [5.74, 6) is -0.427. The van der Waals surface area contributed by atoms with Gasteiger partial charge in [0.25, 0.3) is 15.0 Å². The Kier molecular flexibility index (Phi) is 6.46. The van der Waals surface area contributed by atoms with Gasteiger partial charge in [-0.15, -0.1) is 0 Å². The molecule has 8 heteroatoms. The number of carbonyl (C=O) groups is 1. The van der Waals surface area contributed by atoms with Crippen LogP contribution in [0.2, 0.25) is 5.02 Å². The van der Waals surface area contributed by atoms with Gasteiger partial charge < -0.3 is 10.1 Å². The second-order valence-electron chi connectivity index (χ2n) is 4.55. The smallest absolute Gasteiger partial charge is 0.261 e. The molecule has 1 amide bonds. The lowest BCUT2D eigenvalue weighted by Gasteiger charge is -2.15. The van der Waals surface area contributed by atoms with Crippen LogP contribution in [0.15, 0.2) is 17.0 Å². The minimum absolute atomic E-state index is 0.166. The lowest BCUT2D eigenvalue weighted by Crippen LogP contribution is -2.36. The predicted octanol–water partition coefficient (Wildman–Crippen LogP) is 2.73. The molecule has 0 aliphatic rings. The standard InChI is InChI=1S/C13H17Cl2NO4S/c1-4-20-7-8(2)16-13(17)11-5-10(21(15,18)19)6-12(14)9(11)3/h5-6,8H,4,7H2,1-3H3,(H,16,17). The molecule has 118 valence electrons. The van der Waals surface area contributed by atoms with Crippen molar-refractivity contribution in [1.29, 1.82) is 0 Å². The van der Waals surface area contributed by atoms with E-state index in [1.54, 1.807) is 13.8 Å². The van der Waals surface area contributed by atoms with Crippen LogP contribution in [0.3, 0.4) is 0 Å². The van der Waals surface area contributed by atoms with Crippen molar-refractivity contribution in [3.8, 4) is 0 Å². The quantitative estimate of drug-likeness (QED) is 0.798. The summed E-state index contributed by atoms with van der Waals surface area (Å²) in [6, 6.07) is 2.22. The van der Waals surface area contributed by atoms with Crippen LogP contribution in [0, 0.1) is 6.92 Å². The molecule has 1 aromatic rings. The molecule has 1 aromatic carbocycles. The largest absolute Gasteiger partial charge is 0.380 e. The van der Waals surface area contributed by atoms with Crippen LogP contribution in [0.4, 0.5) is 0 Å². The molecule has 0 radical (unpaired) electrons. The number of benzene rings is 1. The molecule has 0 heterocycles. The zero-order valence-corrected chi connectivity index (χ0v) is 14.3. The van der Waals surface area contributed by atoms with Crippen molar-refractivity contribution in [2.24, 2.45) is 0 Å². The second kappa shape index (κ2) is 7.45. The molecule has 1 unspecified atom stereocenters. The van der Waals surface area contributed by atoms with E-state index in [0.717, 1.165) is 0 Å². The Labute approximate surface area is 134 Å². The molecule has 0 saturated carbocycles. The van der Waals surface area contributed by atoms with Crippen molar-refractivity contribution in [2.75, 3.05) is 13.2 Å². The highest BCUT2D eigenvalue weighted by Crippen LogP contribution is 2.26. The Balaban J connectivity index is 3.06. The van der Waals surface area contributed by atoms with Gasteiger partial charge in [0.05, 0.1) is 11.5 Å². The number of carbonyl (C=O) groups excluding carboxylic acids is 1. The maximum atomic E-state index is 12.2. The SMILES string of the molecule is CCOCC(C)NC(=O)c1cc(S(=O)(=O)Cl)cc(Cl)c1C. The molecule has 0 aliphatic carbocycles. The fourth-order valence-corrected chi connectivity index (χ4v) is 2.74. The first kappa shape index (κ1) is 18.2. The first-order chi connectivity index (χ1) is 9.66. The monoisotopic (exact) mass is 353 g/mol. The van der Waals surface area contributed by atoms with E-state index in [1.165, 1.54) is 12.1 Å². The molecule has 1 atom stereocenters. The first-order valence-electron chi connectivity index (χ1n) is 6.30. The third-order valence-electron chi connectivity index (χ3n) is 2.79. The molecule has 0 bridgehead atoms. The van der Waals surface area contributed by atoms with Crippen LogP contribution in [0.1, 0.15) is 29.8 Å². The topological polar surface area (TPSA) is 72.5 Å². The lowest BCUT2D eigenvalue weighted by molar-refractivity contribution is 0.0871. The second-order valence-corrected chi connectivity index (χ2v) is 7.52. The average molecular weight is 354 g/mol. The third-order valence-corrected chi connectivity index (χ3v) is 4.52. The predicted molar refractivity (Wildman–Crippen MR) is 82.6 cm³/mol. The summed E-state index contributed by atoms with van der Waals surface area (Å²) >= 11 is 5.96. The summed E-state index contributed by atoms with van der Waals surface area (Å²) in [6.07, 6.45) is 0. The molecule has 0 aliphatic heterocycles. The van der Waals surface area contributed by atoms with E-state index in [4.69, 9.17) is 27.0 Å². The van der Waals surface area contributed by atoms with Crippen LogP contribution in [-0.2, 0) is 13.8 Å². The van der Waals surface area contributed by atoms with E-state index in [-0.39, 0.29) is 21.5 Å². The fraction of sp³-hybridized carbons (Fsp3) is 0.462. The summed E-state index contributed by atoms with van der Waals surface area (Å²) in [4.78, 5) is 12.0. The molecular weight excluding hydrogens is 337 g/mol. The summed E-state index contributed by atoms with van der Waals surface area (Å²) in [5.41, 5.74) is 0.659. The maximum Gasteiger partial charge on any atom is 0.261 e. The zero-order valence-electron chi connectivity index (χ0n) is 11.9. The van der Waals surface area contributed by atoms with Crippen molar-refractivity contribution >= 4 is 37.2 Å². The van der Waals surface area contributed by atoms with E-state index in [1.807, 2.05) is 6.92 Å². The number of hydrogen-bond acceptors (Lipinski definition) is 4. The Bertz CT molecular complexity index is 631. The average Bonchev–Trinajstić information content (AvgIpc) is 2.37. The number of amides is 1. The molecule has 21 heavy (non-hydrogen) atoms. The summed E-state index contributed by atoms with van der Waals surface area (Å²) < 4.78 is 28.0. The van der Waals surface area contributed by atoms with Crippen molar-refractivity contribution < 1.29 is 17.9 Å². The molecule has 1 N–H and O–H groups in total. The van der Waals surface area contributed by atoms with Crippen molar-refractivity contribution in [3.63, 3.8) is 0 Å². The molecule has 0 fully saturated rings. The van der Waals surface area contributed by atoms with Crippen LogP contribution < -0.4 is 5.32 Å². The van der Waals surface area contributed by atoms with Gasteiger partial charge in [-0.05, 0) is 38.5 Å². The minimum atomic E-state index is -3.96. The Morgan fingerprint density at radius 3 is 2.57 bits per heavy atom. The Morgan fingerprint density at radius 2 is 2.05 bits per heavy atom. The number of hydrogen-bond donors (Lipinski definition) is 1. The molecule has 1 rings (SSSR count). The lowest BCUT2D eigenvalue weighted by atomic mass is 10.1. The number of halogens is 2. The van der Waals surface area contributed by atoms with Crippen molar-refractivity contribution in [3.05, 3.63) is 28.3 Å². The van der Waals surface area contributed by atoms with Gasteiger partial charge in [0.1, 0.15) is 0 Å². The summed E-state index contributed by atoms with van der Waals surface area (Å²) in [5, 5.41) is 2.88. The van der Waals surface area contributed by atoms with E-state index in [2.05, 4.69) is 5.32 Å². The highest BCUT2D eigenvalue weighted by atomic mass is 35.7. The highest BCUT2D eigenvalue weighted by Gasteiger charge is 2.19. The minimum Gasteiger partial charge on any atom is -0.380 e. The summed E-state index contributed by atoms with van der Waals surface area (Å²) in [7, 11) is 1.34. The zero-order chi connectivity index (χ0) is 16.2. The molecule has 0 aromatic heterocycles. The Morgan fingerprint density at radius 1 is 1.43 bits per heavy atom. The highest BCUT2D eigenvalue weighted by molar-refractivity contribution is 8.13. The van der Waals surface area contributed by atoms with Gasteiger partial charge in [-0.25, -0.2) is 8.42 Å². The van der Waals surface area contributed by atoms with E-state index in [9.17, 15) is 13.2 Å². The number of ether oxygens (including phenoxy) is 1. The maximum absolute atomic E-state index is 12.2. The van der Waals surface area contributed by atoms with Gasteiger partial charge in [0, 0.05) is 33.9 Å². The first-order valence-corrected chi connectivity index (χ1v) is 8.99. The van der Waals surface area contributed by atoms with E-state index < -0.39 is 15.0 Å². The van der Waals surface area contributed by atoms with Crippen LogP contribution in [-0.4, -0.2) is 33.6 Å². The van der Waals surface area contributed by atoms with Crippen molar-refractivity contribution in [1.82, 2.24) is 5.32 Å². The summed E-state index contributed by atoms with van der Waals surface area (Å²) in [6.45, 7) is 6.18. The number of nitrogens with one attached hydrogen (secondary N) is 1. The fourth-order valence-electron chi connectivity index (χ4n) is 1.67. The van der Waals surface area contributed by atoms with Crippen LogP contribution in [0.25, 0.3) is 0 Å².